The molecule has 0 unspecified atom stereocenters. The number of piperazine rings is 1. The molecule has 0 aromatic carbocycles. The highest BCUT2D eigenvalue weighted by atomic mass is 16.5. The Labute approximate surface area is 113 Å². The molecule has 0 aliphatic carbocycles. The zero-order valence-corrected chi connectivity index (χ0v) is 11.7. The van der Waals surface area contributed by atoms with Crippen LogP contribution in [-0.2, 0) is 9.53 Å². The van der Waals surface area contributed by atoms with E-state index in [1.165, 1.54) is 0 Å². The first kappa shape index (κ1) is 15.7. The van der Waals surface area contributed by atoms with Crippen LogP contribution in [-0.4, -0.2) is 91.8 Å². The minimum absolute atomic E-state index is 0.00563. The van der Waals surface area contributed by atoms with Crippen molar-refractivity contribution >= 4 is 12.0 Å². The quantitative estimate of drug-likeness (QED) is 0.677. The molecule has 0 atom stereocenters. The van der Waals surface area contributed by atoms with Crippen LogP contribution in [0.15, 0.2) is 0 Å². The van der Waals surface area contributed by atoms with Crippen LogP contribution in [0.5, 0.6) is 0 Å². The van der Waals surface area contributed by atoms with Crippen LogP contribution in [0.2, 0.25) is 0 Å². The van der Waals surface area contributed by atoms with Crippen LogP contribution < -0.4 is 0 Å². The highest BCUT2D eigenvalue weighted by molar-refractivity contribution is 5.74. The molecule has 0 aromatic rings. The predicted molar refractivity (Wildman–Crippen MR) is 70.2 cm³/mol. The second-order valence-corrected chi connectivity index (χ2v) is 4.71. The van der Waals surface area contributed by atoms with Gasteiger partial charge < -0.3 is 19.6 Å². The van der Waals surface area contributed by atoms with Crippen molar-refractivity contribution in [2.24, 2.45) is 0 Å². The minimum atomic E-state index is -0.823. The summed E-state index contributed by atoms with van der Waals surface area (Å²) < 4.78 is 4.95. The van der Waals surface area contributed by atoms with Crippen molar-refractivity contribution in [3.8, 4) is 0 Å². The SMILES string of the molecule is COCCCN(C)C(=O)N1CCN(CC(=O)O)CC1. The Hall–Kier alpha value is -1.34. The first-order valence-corrected chi connectivity index (χ1v) is 6.47. The van der Waals surface area contributed by atoms with Gasteiger partial charge in [-0.15, -0.1) is 0 Å². The number of carboxylic acids is 1. The third kappa shape index (κ3) is 5.44. The summed E-state index contributed by atoms with van der Waals surface area (Å²) in [7, 11) is 3.42. The first-order chi connectivity index (χ1) is 9.04. The van der Waals surface area contributed by atoms with Gasteiger partial charge in [-0.25, -0.2) is 4.79 Å². The fraction of sp³-hybridized carbons (Fsp3) is 0.833. The number of urea groups is 1. The maximum Gasteiger partial charge on any atom is 0.319 e. The Morgan fingerprint density at radius 1 is 1.26 bits per heavy atom. The van der Waals surface area contributed by atoms with Gasteiger partial charge in [0, 0.05) is 53.5 Å². The number of aliphatic carboxylic acids is 1. The van der Waals surface area contributed by atoms with E-state index < -0.39 is 5.97 Å². The number of nitrogens with zero attached hydrogens (tertiary/aromatic N) is 3. The van der Waals surface area contributed by atoms with Gasteiger partial charge in [-0.2, -0.15) is 0 Å². The van der Waals surface area contributed by atoms with E-state index in [0.717, 1.165) is 6.42 Å². The summed E-state index contributed by atoms with van der Waals surface area (Å²) in [6, 6.07) is 0.00563. The zero-order valence-electron chi connectivity index (χ0n) is 11.7. The Morgan fingerprint density at radius 2 is 1.89 bits per heavy atom. The molecule has 0 radical (unpaired) electrons. The summed E-state index contributed by atoms with van der Waals surface area (Å²) in [5.41, 5.74) is 0. The molecule has 1 fully saturated rings. The van der Waals surface area contributed by atoms with Gasteiger partial charge in [0.05, 0.1) is 6.54 Å². The Kier molecular flexibility index (Phi) is 6.58. The number of amides is 2. The summed E-state index contributed by atoms with van der Waals surface area (Å²) in [5, 5.41) is 8.71. The number of carbonyl (C=O) groups excluding carboxylic acids is 1. The van der Waals surface area contributed by atoms with Crippen molar-refractivity contribution < 1.29 is 19.4 Å². The van der Waals surface area contributed by atoms with E-state index in [-0.39, 0.29) is 12.6 Å². The molecule has 19 heavy (non-hydrogen) atoms. The van der Waals surface area contributed by atoms with E-state index in [4.69, 9.17) is 9.84 Å². The lowest BCUT2D eigenvalue weighted by Gasteiger charge is -2.36. The molecule has 0 saturated carbocycles. The molecule has 1 saturated heterocycles. The number of ether oxygens (including phenoxy) is 1. The molecular formula is C12H23N3O4. The summed E-state index contributed by atoms with van der Waals surface area (Å²) >= 11 is 0. The standard InChI is InChI=1S/C12H23N3O4/c1-13(4-3-9-19-2)12(18)15-7-5-14(6-8-15)10-11(16)17/h3-10H2,1-2H3,(H,16,17). The van der Waals surface area contributed by atoms with Crippen LogP contribution in [0.1, 0.15) is 6.42 Å². The summed E-state index contributed by atoms with van der Waals surface area (Å²) in [6.07, 6.45) is 0.817. The molecule has 7 heteroatoms. The average Bonchev–Trinajstić information content (AvgIpc) is 2.38. The van der Waals surface area contributed by atoms with E-state index in [1.54, 1.807) is 24.0 Å². The smallest absolute Gasteiger partial charge is 0.319 e. The Balaban J connectivity index is 2.29. The fourth-order valence-corrected chi connectivity index (χ4v) is 2.07. The molecule has 1 aliphatic rings. The summed E-state index contributed by atoms with van der Waals surface area (Å²) in [6.45, 7) is 3.76. The minimum Gasteiger partial charge on any atom is -0.480 e. The number of hydrogen-bond acceptors (Lipinski definition) is 4. The topological polar surface area (TPSA) is 73.3 Å². The van der Waals surface area contributed by atoms with Crippen molar-refractivity contribution in [2.75, 3.05) is 60.0 Å². The van der Waals surface area contributed by atoms with Crippen LogP contribution in [0.3, 0.4) is 0 Å². The van der Waals surface area contributed by atoms with Crippen molar-refractivity contribution in [1.82, 2.24) is 14.7 Å². The third-order valence-electron chi connectivity index (χ3n) is 3.17. The Bertz CT molecular complexity index is 303. The average molecular weight is 273 g/mol. The Morgan fingerprint density at radius 3 is 2.42 bits per heavy atom. The van der Waals surface area contributed by atoms with E-state index in [0.29, 0.717) is 39.3 Å². The van der Waals surface area contributed by atoms with Gasteiger partial charge in [0.1, 0.15) is 0 Å². The van der Waals surface area contributed by atoms with Gasteiger partial charge in [0.2, 0.25) is 0 Å². The number of carbonyl (C=O) groups is 2. The largest absolute Gasteiger partial charge is 0.480 e. The lowest BCUT2D eigenvalue weighted by Crippen LogP contribution is -2.53. The highest BCUT2D eigenvalue weighted by Crippen LogP contribution is 2.05. The second kappa shape index (κ2) is 7.96. The van der Waals surface area contributed by atoms with Crippen LogP contribution in [0, 0.1) is 0 Å². The van der Waals surface area contributed by atoms with Crippen molar-refractivity contribution in [2.45, 2.75) is 6.42 Å². The number of methoxy groups -OCH3 is 1. The van der Waals surface area contributed by atoms with Crippen molar-refractivity contribution in [3.63, 3.8) is 0 Å². The molecular weight excluding hydrogens is 250 g/mol. The summed E-state index contributed by atoms with van der Waals surface area (Å²) in [4.78, 5) is 28.0. The van der Waals surface area contributed by atoms with Gasteiger partial charge in [-0.3, -0.25) is 9.69 Å². The van der Waals surface area contributed by atoms with Crippen molar-refractivity contribution in [3.05, 3.63) is 0 Å². The van der Waals surface area contributed by atoms with E-state index in [9.17, 15) is 9.59 Å². The number of rotatable bonds is 6. The highest BCUT2D eigenvalue weighted by Gasteiger charge is 2.24. The molecule has 1 aliphatic heterocycles. The van der Waals surface area contributed by atoms with Gasteiger partial charge in [-0.1, -0.05) is 0 Å². The zero-order chi connectivity index (χ0) is 14.3. The van der Waals surface area contributed by atoms with Gasteiger partial charge in [0.15, 0.2) is 0 Å². The molecule has 0 bridgehead atoms. The van der Waals surface area contributed by atoms with Gasteiger partial charge in [0.25, 0.3) is 0 Å². The molecule has 7 nitrogen and oxygen atoms in total. The van der Waals surface area contributed by atoms with E-state index in [1.807, 2.05) is 4.90 Å². The van der Waals surface area contributed by atoms with Crippen LogP contribution in [0.4, 0.5) is 4.79 Å². The van der Waals surface area contributed by atoms with Gasteiger partial charge in [-0.05, 0) is 6.42 Å². The summed E-state index contributed by atoms with van der Waals surface area (Å²) in [5.74, 6) is -0.823. The predicted octanol–water partition coefficient (Wildman–Crippen LogP) is -0.223. The molecule has 2 amide bonds. The second-order valence-electron chi connectivity index (χ2n) is 4.71. The van der Waals surface area contributed by atoms with Gasteiger partial charge >= 0.3 is 12.0 Å². The van der Waals surface area contributed by atoms with E-state index in [2.05, 4.69) is 0 Å². The first-order valence-electron chi connectivity index (χ1n) is 6.47. The molecule has 1 rings (SSSR count). The van der Waals surface area contributed by atoms with Crippen LogP contribution in [0.25, 0.3) is 0 Å². The molecule has 0 spiro atoms. The van der Waals surface area contributed by atoms with E-state index >= 15 is 0 Å². The number of hydrogen-bond donors (Lipinski definition) is 1. The normalized spacial score (nSPS) is 16.4. The van der Waals surface area contributed by atoms with Crippen molar-refractivity contribution in [1.29, 1.82) is 0 Å². The number of carboxylic acid groups (broad SMARTS) is 1. The molecule has 110 valence electrons. The maximum absolute atomic E-state index is 12.1. The van der Waals surface area contributed by atoms with Crippen LogP contribution >= 0.6 is 0 Å². The lowest BCUT2D eigenvalue weighted by atomic mass is 10.3. The molecule has 1 N–H and O–H groups in total. The molecule has 0 aromatic heterocycles. The lowest BCUT2D eigenvalue weighted by molar-refractivity contribution is -0.138. The monoisotopic (exact) mass is 273 g/mol. The maximum atomic E-state index is 12.1. The third-order valence-corrected chi connectivity index (χ3v) is 3.17. The fourth-order valence-electron chi connectivity index (χ4n) is 2.07. The molecule has 1 heterocycles.